The summed E-state index contributed by atoms with van der Waals surface area (Å²) in [6.07, 6.45) is 6.85. The standard InChI is InChI=1S/C12H26N2/c1-3-9-13-10-5-7-12-8-6-11-14(12)4-2/h12-13H,3-11H2,1-2H3/t12-/m1/s1. The van der Waals surface area contributed by atoms with Crippen molar-refractivity contribution in [1.29, 1.82) is 0 Å². The molecule has 0 radical (unpaired) electrons. The number of hydrogen-bond acceptors (Lipinski definition) is 2. The minimum absolute atomic E-state index is 0.892. The molecule has 0 amide bonds. The lowest BCUT2D eigenvalue weighted by Gasteiger charge is -2.22. The van der Waals surface area contributed by atoms with Crippen molar-refractivity contribution in [2.45, 2.75) is 52.0 Å². The van der Waals surface area contributed by atoms with Gasteiger partial charge in [-0.15, -0.1) is 0 Å². The van der Waals surface area contributed by atoms with Gasteiger partial charge in [-0.3, -0.25) is 0 Å². The second-order valence-electron chi connectivity index (χ2n) is 4.32. The van der Waals surface area contributed by atoms with Crippen molar-refractivity contribution in [3.8, 4) is 0 Å². The number of likely N-dealkylation sites (tertiary alicyclic amines) is 1. The lowest BCUT2D eigenvalue weighted by atomic mass is 10.1. The molecule has 1 N–H and O–H groups in total. The van der Waals surface area contributed by atoms with Crippen molar-refractivity contribution >= 4 is 0 Å². The van der Waals surface area contributed by atoms with Crippen LogP contribution in [0.5, 0.6) is 0 Å². The van der Waals surface area contributed by atoms with Crippen LogP contribution in [-0.2, 0) is 0 Å². The van der Waals surface area contributed by atoms with E-state index in [2.05, 4.69) is 24.1 Å². The van der Waals surface area contributed by atoms with E-state index in [1.165, 1.54) is 58.3 Å². The van der Waals surface area contributed by atoms with Crippen molar-refractivity contribution in [2.75, 3.05) is 26.2 Å². The highest BCUT2D eigenvalue weighted by Crippen LogP contribution is 2.20. The molecule has 0 aromatic carbocycles. The Morgan fingerprint density at radius 1 is 1.29 bits per heavy atom. The van der Waals surface area contributed by atoms with Crippen molar-refractivity contribution in [1.82, 2.24) is 10.2 Å². The molecule has 1 rings (SSSR count). The van der Waals surface area contributed by atoms with E-state index in [1.54, 1.807) is 0 Å². The first-order chi connectivity index (χ1) is 6.88. The maximum absolute atomic E-state index is 3.47. The summed E-state index contributed by atoms with van der Waals surface area (Å²) in [7, 11) is 0. The molecule has 0 aromatic rings. The Bertz CT molecular complexity index is 136. The van der Waals surface area contributed by atoms with Crippen molar-refractivity contribution < 1.29 is 0 Å². The Kier molecular flexibility index (Phi) is 6.20. The van der Waals surface area contributed by atoms with Crippen LogP contribution >= 0.6 is 0 Å². The predicted octanol–water partition coefficient (Wildman–Crippen LogP) is 2.25. The molecule has 1 heterocycles. The van der Waals surface area contributed by atoms with Crippen LogP contribution in [0.2, 0.25) is 0 Å². The third kappa shape index (κ3) is 3.97. The lowest BCUT2D eigenvalue weighted by Crippen LogP contribution is -2.29. The van der Waals surface area contributed by atoms with Crippen LogP contribution < -0.4 is 5.32 Å². The van der Waals surface area contributed by atoms with Gasteiger partial charge in [0.2, 0.25) is 0 Å². The van der Waals surface area contributed by atoms with Gasteiger partial charge < -0.3 is 10.2 Å². The fourth-order valence-corrected chi connectivity index (χ4v) is 2.40. The van der Waals surface area contributed by atoms with Gasteiger partial charge in [0.15, 0.2) is 0 Å². The summed E-state index contributed by atoms with van der Waals surface area (Å²) in [5, 5.41) is 3.47. The van der Waals surface area contributed by atoms with Gasteiger partial charge in [0.05, 0.1) is 0 Å². The van der Waals surface area contributed by atoms with E-state index in [1.807, 2.05) is 0 Å². The SMILES string of the molecule is CCCNCCC[C@@H]1CCCN1CC. The number of rotatable bonds is 7. The molecule has 0 bridgehead atoms. The largest absolute Gasteiger partial charge is 0.317 e. The van der Waals surface area contributed by atoms with E-state index in [0.29, 0.717) is 0 Å². The molecule has 1 aliphatic heterocycles. The van der Waals surface area contributed by atoms with E-state index in [0.717, 1.165) is 6.04 Å². The summed E-state index contributed by atoms with van der Waals surface area (Å²) in [6, 6.07) is 0.892. The molecule has 1 saturated heterocycles. The highest BCUT2D eigenvalue weighted by atomic mass is 15.2. The molecule has 2 nitrogen and oxygen atoms in total. The van der Waals surface area contributed by atoms with Gasteiger partial charge in [0.1, 0.15) is 0 Å². The Balaban J connectivity index is 2.00. The van der Waals surface area contributed by atoms with Gasteiger partial charge in [0.25, 0.3) is 0 Å². The molecule has 1 aliphatic rings. The summed E-state index contributed by atoms with van der Waals surface area (Å²) in [6.45, 7) is 9.48. The van der Waals surface area contributed by atoms with Crippen molar-refractivity contribution in [3.63, 3.8) is 0 Å². The first kappa shape index (κ1) is 12.0. The Labute approximate surface area is 89.1 Å². The van der Waals surface area contributed by atoms with Crippen LogP contribution in [0.4, 0.5) is 0 Å². The third-order valence-corrected chi connectivity index (χ3v) is 3.22. The second-order valence-corrected chi connectivity index (χ2v) is 4.32. The first-order valence-electron chi connectivity index (χ1n) is 6.33. The minimum atomic E-state index is 0.892. The lowest BCUT2D eigenvalue weighted by molar-refractivity contribution is 0.252. The van der Waals surface area contributed by atoms with E-state index in [9.17, 15) is 0 Å². The highest BCUT2D eigenvalue weighted by molar-refractivity contribution is 4.78. The fourth-order valence-electron chi connectivity index (χ4n) is 2.40. The van der Waals surface area contributed by atoms with Crippen LogP contribution in [0.15, 0.2) is 0 Å². The van der Waals surface area contributed by atoms with Gasteiger partial charge in [-0.25, -0.2) is 0 Å². The Morgan fingerprint density at radius 3 is 2.86 bits per heavy atom. The van der Waals surface area contributed by atoms with Gasteiger partial charge in [-0.1, -0.05) is 13.8 Å². The molecular formula is C12H26N2. The van der Waals surface area contributed by atoms with E-state index in [4.69, 9.17) is 0 Å². The van der Waals surface area contributed by atoms with Crippen LogP contribution in [0.3, 0.4) is 0 Å². The average Bonchev–Trinajstić information content (AvgIpc) is 2.65. The van der Waals surface area contributed by atoms with E-state index < -0.39 is 0 Å². The summed E-state index contributed by atoms with van der Waals surface area (Å²) >= 11 is 0. The third-order valence-electron chi connectivity index (χ3n) is 3.22. The molecular weight excluding hydrogens is 172 g/mol. The van der Waals surface area contributed by atoms with Gasteiger partial charge in [-0.05, 0) is 58.3 Å². The Hall–Kier alpha value is -0.0800. The molecule has 0 unspecified atom stereocenters. The fraction of sp³-hybridized carbons (Fsp3) is 1.00. The number of nitrogens with one attached hydrogen (secondary N) is 1. The van der Waals surface area contributed by atoms with Crippen LogP contribution in [0.25, 0.3) is 0 Å². The second kappa shape index (κ2) is 7.24. The quantitative estimate of drug-likeness (QED) is 0.631. The molecule has 1 fully saturated rings. The molecule has 84 valence electrons. The van der Waals surface area contributed by atoms with Crippen LogP contribution in [0.1, 0.15) is 46.0 Å². The van der Waals surface area contributed by atoms with E-state index >= 15 is 0 Å². The molecule has 2 heteroatoms. The Morgan fingerprint density at radius 2 is 2.14 bits per heavy atom. The number of hydrogen-bond donors (Lipinski definition) is 1. The van der Waals surface area contributed by atoms with Gasteiger partial charge in [0, 0.05) is 6.04 Å². The molecule has 0 aromatic heterocycles. The predicted molar refractivity (Wildman–Crippen MR) is 62.7 cm³/mol. The number of nitrogens with zero attached hydrogens (tertiary/aromatic N) is 1. The smallest absolute Gasteiger partial charge is 0.00960 e. The summed E-state index contributed by atoms with van der Waals surface area (Å²) in [5.74, 6) is 0. The average molecular weight is 198 g/mol. The summed E-state index contributed by atoms with van der Waals surface area (Å²) < 4.78 is 0. The summed E-state index contributed by atoms with van der Waals surface area (Å²) in [4.78, 5) is 2.64. The molecule has 0 aliphatic carbocycles. The van der Waals surface area contributed by atoms with Gasteiger partial charge in [-0.2, -0.15) is 0 Å². The zero-order valence-electron chi connectivity index (χ0n) is 9.89. The zero-order valence-corrected chi connectivity index (χ0v) is 9.89. The van der Waals surface area contributed by atoms with E-state index in [-0.39, 0.29) is 0 Å². The van der Waals surface area contributed by atoms with Crippen molar-refractivity contribution in [2.24, 2.45) is 0 Å². The molecule has 14 heavy (non-hydrogen) atoms. The molecule has 0 spiro atoms. The normalized spacial score (nSPS) is 23.1. The zero-order chi connectivity index (χ0) is 10.2. The first-order valence-corrected chi connectivity index (χ1v) is 6.33. The maximum atomic E-state index is 3.47. The monoisotopic (exact) mass is 198 g/mol. The highest BCUT2D eigenvalue weighted by Gasteiger charge is 2.21. The van der Waals surface area contributed by atoms with Gasteiger partial charge >= 0.3 is 0 Å². The van der Waals surface area contributed by atoms with Crippen LogP contribution in [0, 0.1) is 0 Å². The van der Waals surface area contributed by atoms with Crippen LogP contribution in [-0.4, -0.2) is 37.1 Å². The molecule has 0 saturated carbocycles. The summed E-state index contributed by atoms with van der Waals surface area (Å²) in [5.41, 5.74) is 0. The molecule has 1 atom stereocenters. The van der Waals surface area contributed by atoms with Crippen molar-refractivity contribution in [3.05, 3.63) is 0 Å². The maximum Gasteiger partial charge on any atom is 0.00960 e. The topological polar surface area (TPSA) is 15.3 Å². The minimum Gasteiger partial charge on any atom is -0.317 e.